The molecule has 0 bridgehead atoms. The van der Waals surface area contributed by atoms with Crippen molar-refractivity contribution in [3.05, 3.63) is 83.7 Å². The van der Waals surface area contributed by atoms with Crippen LogP contribution in [-0.2, 0) is 20.0 Å². The van der Waals surface area contributed by atoms with Crippen LogP contribution >= 0.6 is 0 Å². The molecule has 1 aromatic carbocycles. The Hall–Kier alpha value is -4.24. The number of carbonyl (C=O) groups is 1. The molecule has 9 nitrogen and oxygen atoms in total. The second-order valence-corrected chi connectivity index (χ2v) is 10.7. The molecule has 0 aliphatic carbocycles. The first-order valence-electron chi connectivity index (χ1n) is 13.0. The van der Waals surface area contributed by atoms with Gasteiger partial charge in [-0.25, -0.2) is 4.98 Å². The predicted octanol–water partition coefficient (Wildman–Crippen LogP) is 4.38. The molecule has 4 aromatic rings. The van der Waals surface area contributed by atoms with Crippen molar-refractivity contribution in [1.82, 2.24) is 24.6 Å². The van der Waals surface area contributed by atoms with Crippen LogP contribution in [0.2, 0.25) is 0 Å². The van der Waals surface area contributed by atoms with Gasteiger partial charge in [0.15, 0.2) is 0 Å². The summed E-state index contributed by atoms with van der Waals surface area (Å²) in [5, 5.41) is 4.27. The number of anilines is 1. The molecule has 0 N–H and O–H groups in total. The Morgan fingerprint density at radius 3 is 2.62 bits per heavy atom. The fourth-order valence-electron chi connectivity index (χ4n) is 4.54. The molecule has 9 heteroatoms. The number of likely N-dealkylation sites (N-methyl/N-ethyl adjacent to an activating group) is 1. The van der Waals surface area contributed by atoms with Gasteiger partial charge in [0.05, 0.1) is 18.4 Å². The smallest absolute Gasteiger partial charge is 0.265 e. The van der Waals surface area contributed by atoms with Crippen molar-refractivity contribution < 1.29 is 14.3 Å². The fraction of sp³-hybridized carbons (Fsp3) is 0.333. The number of aryl methyl sites for hydroxylation is 1. The third-order valence-corrected chi connectivity index (χ3v) is 6.46. The maximum absolute atomic E-state index is 14.4. The van der Waals surface area contributed by atoms with Crippen LogP contribution in [0.1, 0.15) is 35.3 Å². The van der Waals surface area contributed by atoms with Gasteiger partial charge in [-0.05, 0) is 51.7 Å². The number of hydrogen-bond acceptors (Lipinski definition) is 7. The Bertz CT molecular complexity index is 1460. The lowest BCUT2D eigenvalue weighted by atomic mass is 10.0. The van der Waals surface area contributed by atoms with Crippen molar-refractivity contribution >= 4 is 11.7 Å². The monoisotopic (exact) mass is 526 g/mol. The van der Waals surface area contributed by atoms with E-state index >= 15 is 0 Å². The number of pyridine rings is 2. The van der Waals surface area contributed by atoms with E-state index in [1.54, 1.807) is 15.8 Å². The molecule has 3 aromatic heterocycles. The fourth-order valence-corrected chi connectivity index (χ4v) is 4.54. The summed E-state index contributed by atoms with van der Waals surface area (Å²) in [5.41, 5.74) is 3.46. The van der Waals surface area contributed by atoms with E-state index in [1.807, 2.05) is 101 Å². The predicted molar refractivity (Wildman–Crippen MR) is 150 cm³/mol. The lowest BCUT2D eigenvalue weighted by molar-refractivity contribution is 0.0978. The summed E-state index contributed by atoms with van der Waals surface area (Å²) in [5.74, 6) is 1.07. The summed E-state index contributed by atoms with van der Waals surface area (Å²) in [6.07, 6.45) is 4.32. The van der Waals surface area contributed by atoms with Gasteiger partial charge in [-0.1, -0.05) is 36.4 Å². The number of carbonyl (C=O) groups excluding carboxylic acids is 1. The summed E-state index contributed by atoms with van der Waals surface area (Å²) in [7, 11) is 5.81. The molecule has 1 aliphatic rings. The second-order valence-electron chi connectivity index (χ2n) is 10.7. The SMILES string of the molecule is CN(C)CCOc1nc2c(cc1C(=O)N(Cc1ccccc1)c1cccc(-c3cnn(C)c3)n1)CC(C)(C)O2. The standard InChI is InChI=1S/C30H34N6O3/c1-30(2)17-22-16-24(28(33-27(22)39-30)38-15-14-34(3)4)29(37)36(19-21-10-7-6-8-11-21)26-13-9-12-25(32-26)23-18-31-35(5)20-23/h6-13,16,18,20H,14-15,17,19H2,1-5H3. The van der Waals surface area contributed by atoms with E-state index in [2.05, 4.69) is 10.1 Å². The van der Waals surface area contributed by atoms with Crippen molar-refractivity contribution in [2.75, 3.05) is 32.1 Å². The molecule has 0 atom stereocenters. The summed E-state index contributed by atoms with van der Waals surface area (Å²) in [6.45, 7) is 5.42. The maximum Gasteiger partial charge on any atom is 0.265 e. The number of hydrogen-bond donors (Lipinski definition) is 0. The molecule has 0 fully saturated rings. The van der Waals surface area contributed by atoms with E-state index in [0.717, 1.165) is 22.4 Å². The minimum atomic E-state index is -0.402. The Morgan fingerprint density at radius 2 is 1.90 bits per heavy atom. The topological polar surface area (TPSA) is 85.6 Å². The molecular formula is C30H34N6O3. The van der Waals surface area contributed by atoms with Crippen molar-refractivity contribution in [3.63, 3.8) is 0 Å². The zero-order valence-electron chi connectivity index (χ0n) is 23.1. The average Bonchev–Trinajstić information content (AvgIpc) is 3.47. The van der Waals surface area contributed by atoms with Gasteiger partial charge in [-0.2, -0.15) is 10.1 Å². The number of ether oxygens (including phenoxy) is 2. The lowest BCUT2D eigenvalue weighted by Crippen LogP contribution is -2.32. The van der Waals surface area contributed by atoms with Gasteiger partial charge < -0.3 is 14.4 Å². The number of aromatic nitrogens is 4. The first kappa shape index (κ1) is 26.4. The van der Waals surface area contributed by atoms with Crippen LogP contribution in [0, 0.1) is 0 Å². The van der Waals surface area contributed by atoms with E-state index in [4.69, 9.17) is 14.5 Å². The molecule has 4 heterocycles. The molecule has 39 heavy (non-hydrogen) atoms. The van der Waals surface area contributed by atoms with E-state index < -0.39 is 5.60 Å². The maximum atomic E-state index is 14.4. The minimum Gasteiger partial charge on any atom is -0.476 e. The van der Waals surface area contributed by atoms with Crippen molar-refractivity contribution in [1.29, 1.82) is 0 Å². The van der Waals surface area contributed by atoms with Crippen molar-refractivity contribution in [3.8, 4) is 23.0 Å². The molecule has 1 amide bonds. The molecule has 0 radical (unpaired) electrons. The van der Waals surface area contributed by atoms with Crippen LogP contribution in [0.25, 0.3) is 11.3 Å². The van der Waals surface area contributed by atoms with E-state index in [-0.39, 0.29) is 11.8 Å². The normalized spacial score (nSPS) is 13.7. The Morgan fingerprint density at radius 1 is 1.10 bits per heavy atom. The minimum absolute atomic E-state index is 0.241. The summed E-state index contributed by atoms with van der Waals surface area (Å²) < 4.78 is 13.9. The highest BCUT2D eigenvalue weighted by Gasteiger charge is 2.35. The Balaban J connectivity index is 1.56. The average molecular weight is 527 g/mol. The van der Waals surface area contributed by atoms with Crippen molar-refractivity contribution in [2.45, 2.75) is 32.4 Å². The van der Waals surface area contributed by atoms with E-state index in [1.165, 1.54) is 0 Å². The van der Waals surface area contributed by atoms with Gasteiger partial charge in [0.2, 0.25) is 11.8 Å². The quantitative estimate of drug-likeness (QED) is 0.320. The summed E-state index contributed by atoms with van der Waals surface area (Å²) in [4.78, 5) is 27.6. The van der Waals surface area contributed by atoms with E-state index in [0.29, 0.717) is 43.4 Å². The zero-order chi connectivity index (χ0) is 27.6. The lowest BCUT2D eigenvalue weighted by Gasteiger charge is -2.24. The zero-order valence-corrected chi connectivity index (χ0v) is 23.1. The molecule has 0 saturated carbocycles. The Kier molecular flexibility index (Phi) is 7.34. The van der Waals surface area contributed by atoms with Crippen LogP contribution in [0.3, 0.4) is 0 Å². The molecule has 0 saturated heterocycles. The van der Waals surface area contributed by atoms with Gasteiger partial charge >= 0.3 is 0 Å². The molecule has 1 aliphatic heterocycles. The highest BCUT2D eigenvalue weighted by atomic mass is 16.5. The highest BCUT2D eigenvalue weighted by Crippen LogP contribution is 2.37. The van der Waals surface area contributed by atoms with Crippen LogP contribution < -0.4 is 14.4 Å². The highest BCUT2D eigenvalue weighted by molar-refractivity contribution is 6.07. The number of nitrogens with zero attached hydrogens (tertiary/aromatic N) is 6. The largest absolute Gasteiger partial charge is 0.476 e. The van der Waals surface area contributed by atoms with Gasteiger partial charge in [0.1, 0.15) is 23.6 Å². The number of fused-ring (bicyclic) bond motifs is 1. The van der Waals surface area contributed by atoms with Crippen LogP contribution in [0.5, 0.6) is 11.8 Å². The van der Waals surface area contributed by atoms with E-state index in [9.17, 15) is 4.79 Å². The van der Waals surface area contributed by atoms with Gasteiger partial charge in [-0.15, -0.1) is 0 Å². The molecule has 5 rings (SSSR count). The second kappa shape index (κ2) is 10.9. The first-order chi connectivity index (χ1) is 18.7. The van der Waals surface area contributed by atoms with Gasteiger partial charge in [-0.3, -0.25) is 14.4 Å². The summed E-state index contributed by atoms with van der Waals surface area (Å²) in [6, 6.07) is 17.4. The number of benzene rings is 1. The first-order valence-corrected chi connectivity index (χ1v) is 13.0. The van der Waals surface area contributed by atoms with Crippen molar-refractivity contribution in [2.24, 2.45) is 7.05 Å². The summed E-state index contributed by atoms with van der Waals surface area (Å²) >= 11 is 0. The van der Waals surface area contributed by atoms with Crippen LogP contribution in [-0.4, -0.2) is 63.4 Å². The molecule has 0 spiro atoms. The van der Waals surface area contributed by atoms with Crippen LogP contribution in [0.4, 0.5) is 5.82 Å². The molecule has 0 unspecified atom stereocenters. The third kappa shape index (κ3) is 6.09. The molecule has 202 valence electrons. The number of rotatable bonds is 9. The third-order valence-electron chi connectivity index (χ3n) is 6.46. The molecular weight excluding hydrogens is 492 g/mol. The Labute approximate surface area is 229 Å². The van der Waals surface area contributed by atoms with Crippen LogP contribution in [0.15, 0.2) is 67.0 Å². The van der Waals surface area contributed by atoms with Gasteiger partial charge in [0.25, 0.3) is 5.91 Å². The number of amides is 1. The van der Waals surface area contributed by atoms with Gasteiger partial charge in [0, 0.05) is 37.3 Å².